The number of aliphatic hydroxyl groups is 1. The van der Waals surface area contributed by atoms with Gasteiger partial charge in [0.25, 0.3) is 0 Å². The molecule has 0 bridgehead atoms. The van der Waals surface area contributed by atoms with E-state index in [1.54, 1.807) is 31.4 Å². The van der Waals surface area contributed by atoms with Gasteiger partial charge in [-0.1, -0.05) is 18.1 Å². The molecule has 1 N–H and O–H groups in total. The molecule has 1 atom stereocenters. The quantitative estimate of drug-likeness (QED) is 0.581. The molecule has 0 heterocycles. The molecule has 1 aromatic rings. The van der Waals surface area contributed by atoms with Crippen molar-refractivity contribution in [2.45, 2.75) is 6.10 Å². The van der Waals surface area contributed by atoms with Crippen molar-refractivity contribution < 1.29 is 14.6 Å². The lowest BCUT2D eigenvalue weighted by atomic mass is 10.1. The molecule has 1 aromatic carbocycles. The van der Waals surface area contributed by atoms with Crippen LogP contribution in [0.4, 0.5) is 0 Å². The maximum Gasteiger partial charge on any atom is 0.102 e. The minimum atomic E-state index is -0.622. The molecular weight excluding hydrogens is 204 g/mol. The van der Waals surface area contributed by atoms with Crippen LogP contribution in [0.2, 0.25) is 0 Å². The Kier molecular flexibility index (Phi) is 5.58. The van der Waals surface area contributed by atoms with Gasteiger partial charge in [0.05, 0.1) is 19.8 Å². The molecule has 86 valence electrons. The van der Waals surface area contributed by atoms with E-state index in [-0.39, 0.29) is 6.61 Å². The summed E-state index contributed by atoms with van der Waals surface area (Å²) in [4.78, 5) is 0. The number of aliphatic hydroxyl groups excluding tert-OH is 1. The summed E-state index contributed by atoms with van der Waals surface area (Å²) in [7, 11) is 1.61. The molecule has 1 rings (SSSR count). The Balaban J connectivity index is 2.40. The first-order valence-corrected chi connectivity index (χ1v) is 5.09. The zero-order valence-corrected chi connectivity index (χ0v) is 9.35. The minimum Gasteiger partial charge on any atom is -0.386 e. The second-order valence-electron chi connectivity index (χ2n) is 3.35. The smallest absolute Gasteiger partial charge is 0.102 e. The monoisotopic (exact) mass is 220 g/mol. The van der Waals surface area contributed by atoms with Crippen LogP contribution >= 0.6 is 0 Å². The standard InChI is InChI=1S/C13H16O3/c1-3-11-4-6-12(7-5-11)13(14)10-16-9-8-15-2/h1,4-7,13-14H,8-10H2,2H3. The molecule has 16 heavy (non-hydrogen) atoms. The Hall–Kier alpha value is -1.34. The second-order valence-corrected chi connectivity index (χ2v) is 3.35. The van der Waals surface area contributed by atoms with Crippen LogP contribution in [0.1, 0.15) is 17.2 Å². The summed E-state index contributed by atoms with van der Waals surface area (Å²) in [6.07, 6.45) is 4.62. The SMILES string of the molecule is C#Cc1ccc(C(O)COCCOC)cc1. The van der Waals surface area contributed by atoms with Crippen LogP contribution in [0, 0.1) is 12.3 Å². The third-order valence-electron chi connectivity index (χ3n) is 2.17. The van der Waals surface area contributed by atoms with E-state index in [4.69, 9.17) is 15.9 Å². The van der Waals surface area contributed by atoms with Gasteiger partial charge in [-0.05, 0) is 17.7 Å². The fraction of sp³-hybridized carbons (Fsp3) is 0.385. The van der Waals surface area contributed by atoms with Gasteiger partial charge in [-0.25, -0.2) is 0 Å². The van der Waals surface area contributed by atoms with Gasteiger partial charge < -0.3 is 14.6 Å². The summed E-state index contributed by atoms with van der Waals surface area (Å²) in [5, 5.41) is 9.77. The molecule has 0 fully saturated rings. The van der Waals surface area contributed by atoms with E-state index in [0.29, 0.717) is 13.2 Å². The van der Waals surface area contributed by atoms with E-state index < -0.39 is 6.10 Å². The molecule has 3 heteroatoms. The molecule has 0 aliphatic carbocycles. The lowest BCUT2D eigenvalue weighted by molar-refractivity contribution is 0.0126. The van der Waals surface area contributed by atoms with E-state index in [1.807, 2.05) is 0 Å². The Morgan fingerprint density at radius 2 is 2.00 bits per heavy atom. The van der Waals surface area contributed by atoms with Crippen LogP contribution in [0.25, 0.3) is 0 Å². The normalized spacial score (nSPS) is 12.1. The maximum absolute atomic E-state index is 9.77. The average molecular weight is 220 g/mol. The van der Waals surface area contributed by atoms with Crippen molar-refractivity contribution in [3.8, 4) is 12.3 Å². The Morgan fingerprint density at radius 1 is 1.31 bits per heavy atom. The lowest BCUT2D eigenvalue weighted by Gasteiger charge is -2.11. The highest BCUT2D eigenvalue weighted by molar-refractivity contribution is 5.34. The van der Waals surface area contributed by atoms with Gasteiger partial charge in [-0.2, -0.15) is 0 Å². The molecule has 0 saturated heterocycles. The van der Waals surface area contributed by atoms with Crippen molar-refractivity contribution in [3.05, 3.63) is 35.4 Å². The number of methoxy groups -OCH3 is 1. The minimum absolute atomic E-state index is 0.263. The van der Waals surface area contributed by atoms with Crippen molar-refractivity contribution in [1.29, 1.82) is 0 Å². The second kappa shape index (κ2) is 7.02. The predicted molar refractivity (Wildman–Crippen MR) is 62.0 cm³/mol. The summed E-state index contributed by atoms with van der Waals surface area (Å²) >= 11 is 0. The molecule has 0 aliphatic rings. The molecule has 3 nitrogen and oxygen atoms in total. The first-order valence-electron chi connectivity index (χ1n) is 5.09. The van der Waals surface area contributed by atoms with E-state index in [1.165, 1.54) is 0 Å². The van der Waals surface area contributed by atoms with Crippen molar-refractivity contribution in [2.24, 2.45) is 0 Å². The lowest BCUT2D eigenvalue weighted by Crippen LogP contribution is -2.10. The van der Waals surface area contributed by atoms with E-state index in [9.17, 15) is 5.11 Å². The molecule has 0 aromatic heterocycles. The van der Waals surface area contributed by atoms with Gasteiger partial charge >= 0.3 is 0 Å². The summed E-state index contributed by atoms with van der Waals surface area (Å²) < 4.78 is 10.1. The summed E-state index contributed by atoms with van der Waals surface area (Å²) in [6.45, 7) is 1.28. The number of hydrogen-bond acceptors (Lipinski definition) is 3. The number of benzene rings is 1. The van der Waals surface area contributed by atoms with Gasteiger partial charge in [0, 0.05) is 12.7 Å². The van der Waals surface area contributed by atoms with Crippen LogP contribution in [-0.4, -0.2) is 32.0 Å². The topological polar surface area (TPSA) is 38.7 Å². The number of rotatable bonds is 6. The van der Waals surface area contributed by atoms with E-state index in [0.717, 1.165) is 11.1 Å². The van der Waals surface area contributed by atoms with Crippen LogP contribution < -0.4 is 0 Å². The zero-order valence-electron chi connectivity index (χ0n) is 9.35. The number of ether oxygens (including phenoxy) is 2. The van der Waals surface area contributed by atoms with Gasteiger partial charge in [0.1, 0.15) is 6.10 Å². The van der Waals surface area contributed by atoms with Crippen LogP contribution in [-0.2, 0) is 9.47 Å². The largest absolute Gasteiger partial charge is 0.386 e. The number of terminal acetylenes is 1. The Morgan fingerprint density at radius 3 is 2.56 bits per heavy atom. The molecule has 0 amide bonds. The Labute approximate surface area is 96.0 Å². The fourth-order valence-electron chi connectivity index (χ4n) is 1.23. The van der Waals surface area contributed by atoms with Crippen LogP contribution in [0.3, 0.4) is 0 Å². The molecule has 0 spiro atoms. The fourth-order valence-corrected chi connectivity index (χ4v) is 1.23. The van der Waals surface area contributed by atoms with Gasteiger partial charge in [-0.3, -0.25) is 0 Å². The predicted octanol–water partition coefficient (Wildman–Crippen LogP) is 1.36. The molecular formula is C13H16O3. The molecule has 0 aliphatic heterocycles. The van der Waals surface area contributed by atoms with Gasteiger partial charge in [0.15, 0.2) is 0 Å². The van der Waals surface area contributed by atoms with Crippen molar-refractivity contribution in [2.75, 3.05) is 26.9 Å². The third-order valence-corrected chi connectivity index (χ3v) is 2.17. The molecule has 0 saturated carbocycles. The number of hydrogen-bond donors (Lipinski definition) is 1. The van der Waals surface area contributed by atoms with Crippen LogP contribution in [0.5, 0.6) is 0 Å². The zero-order chi connectivity index (χ0) is 11.8. The maximum atomic E-state index is 9.77. The first kappa shape index (κ1) is 12.7. The summed E-state index contributed by atoms with van der Waals surface area (Å²) in [6, 6.07) is 7.21. The highest BCUT2D eigenvalue weighted by atomic mass is 16.5. The molecule has 1 unspecified atom stereocenters. The Bertz CT molecular complexity index is 337. The van der Waals surface area contributed by atoms with Crippen molar-refractivity contribution in [1.82, 2.24) is 0 Å². The first-order chi connectivity index (χ1) is 7.77. The third kappa shape index (κ3) is 4.03. The summed E-state index contributed by atoms with van der Waals surface area (Å²) in [5.74, 6) is 2.52. The highest BCUT2D eigenvalue weighted by Crippen LogP contribution is 2.13. The highest BCUT2D eigenvalue weighted by Gasteiger charge is 2.06. The van der Waals surface area contributed by atoms with E-state index >= 15 is 0 Å². The van der Waals surface area contributed by atoms with Crippen LogP contribution in [0.15, 0.2) is 24.3 Å². The van der Waals surface area contributed by atoms with Gasteiger partial charge in [-0.15, -0.1) is 6.42 Å². The van der Waals surface area contributed by atoms with Crippen molar-refractivity contribution in [3.63, 3.8) is 0 Å². The van der Waals surface area contributed by atoms with E-state index in [2.05, 4.69) is 5.92 Å². The van der Waals surface area contributed by atoms with Gasteiger partial charge in [0.2, 0.25) is 0 Å². The average Bonchev–Trinajstić information content (AvgIpc) is 2.34. The summed E-state index contributed by atoms with van der Waals surface area (Å²) in [5.41, 5.74) is 1.60. The van der Waals surface area contributed by atoms with Crippen molar-refractivity contribution >= 4 is 0 Å². The molecule has 0 radical (unpaired) electrons.